The first-order valence-electron chi connectivity index (χ1n) is 7.23. The van der Waals surface area contributed by atoms with Crippen molar-refractivity contribution in [1.82, 2.24) is 4.90 Å². The number of nitrogens with zero attached hydrogens (tertiary/aromatic N) is 1. The molecule has 20 heavy (non-hydrogen) atoms. The van der Waals surface area contributed by atoms with E-state index in [9.17, 15) is 9.90 Å². The Morgan fingerprint density at radius 3 is 3.00 bits per heavy atom. The normalized spacial score (nSPS) is 18.4. The fourth-order valence-corrected chi connectivity index (χ4v) is 2.63. The summed E-state index contributed by atoms with van der Waals surface area (Å²) in [5.74, 6) is 0.921. The molecule has 4 heteroatoms. The monoisotopic (exact) mass is 277 g/mol. The Morgan fingerprint density at radius 2 is 2.25 bits per heavy atom. The zero-order valence-electron chi connectivity index (χ0n) is 12.3. The van der Waals surface area contributed by atoms with Gasteiger partial charge in [0.15, 0.2) is 0 Å². The molecule has 2 rings (SSSR count). The lowest BCUT2D eigenvalue weighted by molar-refractivity contribution is -0.133. The minimum atomic E-state index is 0.00297. The van der Waals surface area contributed by atoms with Crippen LogP contribution < -0.4 is 4.74 Å². The van der Waals surface area contributed by atoms with Crippen LogP contribution in [0.1, 0.15) is 30.4 Å². The number of aliphatic hydroxyl groups is 1. The molecule has 0 aliphatic carbocycles. The Kier molecular flexibility index (Phi) is 5.01. The van der Waals surface area contributed by atoms with Gasteiger partial charge in [-0.1, -0.05) is 12.1 Å². The second-order valence-corrected chi connectivity index (χ2v) is 5.36. The standard InChI is InChI=1S/C16H23NO3/c1-12-5-3-7-15(13(12)2)20-10-8-16(19)17-9-4-6-14(17)11-18/h3,5,7,14,18H,4,6,8-11H2,1-2H3/t14-/m1/s1. The molecule has 4 nitrogen and oxygen atoms in total. The summed E-state index contributed by atoms with van der Waals surface area (Å²) in [6.07, 6.45) is 2.25. The van der Waals surface area contributed by atoms with Gasteiger partial charge in [-0.15, -0.1) is 0 Å². The molecule has 0 unspecified atom stereocenters. The first-order valence-corrected chi connectivity index (χ1v) is 7.23. The molecule has 1 atom stereocenters. The van der Waals surface area contributed by atoms with E-state index in [0.29, 0.717) is 13.0 Å². The Hall–Kier alpha value is -1.55. The van der Waals surface area contributed by atoms with Crippen molar-refractivity contribution in [1.29, 1.82) is 0 Å². The SMILES string of the molecule is Cc1cccc(OCCC(=O)N2CCC[C@@H]2CO)c1C. The number of aryl methyl sites for hydroxylation is 1. The summed E-state index contributed by atoms with van der Waals surface area (Å²) in [4.78, 5) is 13.9. The van der Waals surface area contributed by atoms with E-state index >= 15 is 0 Å². The van der Waals surface area contributed by atoms with E-state index in [0.717, 1.165) is 30.7 Å². The van der Waals surface area contributed by atoms with Crippen molar-refractivity contribution in [2.75, 3.05) is 19.8 Å². The molecule has 0 radical (unpaired) electrons. The van der Waals surface area contributed by atoms with Crippen molar-refractivity contribution < 1.29 is 14.6 Å². The van der Waals surface area contributed by atoms with Gasteiger partial charge in [0.25, 0.3) is 0 Å². The van der Waals surface area contributed by atoms with Crippen LogP contribution >= 0.6 is 0 Å². The van der Waals surface area contributed by atoms with Gasteiger partial charge in [0.1, 0.15) is 5.75 Å². The number of hydrogen-bond acceptors (Lipinski definition) is 3. The molecule has 1 aromatic rings. The quantitative estimate of drug-likeness (QED) is 0.896. The van der Waals surface area contributed by atoms with Gasteiger partial charge in [-0.25, -0.2) is 0 Å². The maximum atomic E-state index is 12.1. The van der Waals surface area contributed by atoms with Gasteiger partial charge in [0.2, 0.25) is 5.91 Å². The predicted octanol–water partition coefficient (Wildman–Crippen LogP) is 2.06. The van der Waals surface area contributed by atoms with Crippen molar-refractivity contribution >= 4 is 5.91 Å². The van der Waals surface area contributed by atoms with Crippen LogP contribution in [0, 0.1) is 13.8 Å². The molecule has 1 aromatic carbocycles. The lowest BCUT2D eigenvalue weighted by Crippen LogP contribution is -2.38. The van der Waals surface area contributed by atoms with E-state index in [1.54, 1.807) is 4.90 Å². The largest absolute Gasteiger partial charge is 0.493 e. The van der Waals surface area contributed by atoms with Crippen molar-refractivity contribution in [3.8, 4) is 5.75 Å². The second kappa shape index (κ2) is 6.75. The molecular formula is C16H23NO3. The first-order chi connectivity index (χ1) is 9.63. The first kappa shape index (κ1) is 14.9. The van der Waals surface area contributed by atoms with Gasteiger partial charge in [-0.3, -0.25) is 4.79 Å². The van der Waals surface area contributed by atoms with E-state index in [2.05, 4.69) is 0 Å². The molecule has 0 saturated carbocycles. The van der Waals surface area contributed by atoms with Crippen molar-refractivity contribution in [3.05, 3.63) is 29.3 Å². The van der Waals surface area contributed by atoms with Gasteiger partial charge in [-0.2, -0.15) is 0 Å². The highest BCUT2D eigenvalue weighted by Gasteiger charge is 2.27. The number of carbonyl (C=O) groups is 1. The van der Waals surface area contributed by atoms with Crippen molar-refractivity contribution in [2.24, 2.45) is 0 Å². The summed E-state index contributed by atoms with van der Waals surface area (Å²) in [6, 6.07) is 5.94. The minimum absolute atomic E-state index is 0.00297. The van der Waals surface area contributed by atoms with Gasteiger partial charge >= 0.3 is 0 Å². The van der Waals surface area contributed by atoms with E-state index in [1.165, 1.54) is 5.56 Å². The second-order valence-electron chi connectivity index (χ2n) is 5.36. The molecule has 1 aliphatic rings. The lowest BCUT2D eigenvalue weighted by Gasteiger charge is -2.23. The highest BCUT2D eigenvalue weighted by molar-refractivity contribution is 5.77. The molecule has 0 bridgehead atoms. The zero-order chi connectivity index (χ0) is 14.5. The number of amides is 1. The summed E-state index contributed by atoms with van der Waals surface area (Å²) in [6.45, 7) is 5.27. The van der Waals surface area contributed by atoms with Crippen LogP contribution in [0.3, 0.4) is 0 Å². The molecule has 0 aromatic heterocycles. The zero-order valence-corrected chi connectivity index (χ0v) is 12.3. The van der Waals surface area contributed by atoms with Gasteiger partial charge in [-0.05, 0) is 43.9 Å². The molecule has 1 aliphatic heterocycles. The summed E-state index contributed by atoms with van der Waals surface area (Å²) in [7, 11) is 0. The van der Waals surface area contributed by atoms with Crippen LogP contribution in [-0.2, 0) is 4.79 Å². The van der Waals surface area contributed by atoms with Crippen LogP contribution in [0.15, 0.2) is 18.2 Å². The van der Waals surface area contributed by atoms with Gasteiger partial charge in [0, 0.05) is 6.54 Å². The topological polar surface area (TPSA) is 49.8 Å². The minimum Gasteiger partial charge on any atom is -0.493 e. The lowest BCUT2D eigenvalue weighted by atomic mass is 10.1. The number of rotatable bonds is 5. The number of ether oxygens (including phenoxy) is 1. The maximum Gasteiger partial charge on any atom is 0.226 e. The Balaban J connectivity index is 1.84. The molecule has 1 N–H and O–H groups in total. The molecule has 110 valence electrons. The van der Waals surface area contributed by atoms with Crippen LogP contribution in [0.4, 0.5) is 0 Å². The number of benzene rings is 1. The van der Waals surface area contributed by atoms with E-state index in [1.807, 2.05) is 32.0 Å². The molecule has 1 fully saturated rings. The number of carbonyl (C=O) groups excluding carboxylic acids is 1. The molecule has 1 amide bonds. The number of aliphatic hydroxyl groups excluding tert-OH is 1. The number of hydrogen-bond donors (Lipinski definition) is 1. The Morgan fingerprint density at radius 1 is 1.45 bits per heavy atom. The van der Waals surface area contributed by atoms with Crippen molar-refractivity contribution in [2.45, 2.75) is 39.2 Å². The molecular weight excluding hydrogens is 254 g/mol. The summed E-state index contributed by atoms with van der Waals surface area (Å²) in [5.41, 5.74) is 2.31. The third kappa shape index (κ3) is 3.31. The molecule has 1 heterocycles. The van der Waals surface area contributed by atoms with Crippen LogP contribution in [0.5, 0.6) is 5.75 Å². The van der Waals surface area contributed by atoms with Gasteiger partial charge < -0.3 is 14.7 Å². The molecule has 0 spiro atoms. The third-order valence-corrected chi connectivity index (χ3v) is 4.04. The van der Waals surface area contributed by atoms with E-state index < -0.39 is 0 Å². The predicted molar refractivity (Wildman–Crippen MR) is 77.8 cm³/mol. The highest BCUT2D eigenvalue weighted by atomic mass is 16.5. The summed E-state index contributed by atoms with van der Waals surface area (Å²) < 4.78 is 5.71. The van der Waals surface area contributed by atoms with Crippen LogP contribution in [0.25, 0.3) is 0 Å². The summed E-state index contributed by atoms with van der Waals surface area (Å²) >= 11 is 0. The Bertz CT molecular complexity index is 473. The maximum absolute atomic E-state index is 12.1. The highest BCUT2D eigenvalue weighted by Crippen LogP contribution is 2.21. The van der Waals surface area contributed by atoms with E-state index in [-0.39, 0.29) is 18.6 Å². The smallest absolute Gasteiger partial charge is 0.226 e. The third-order valence-electron chi connectivity index (χ3n) is 4.04. The Labute approximate surface area is 120 Å². The van der Waals surface area contributed by atoms with Gasteiger partial charge in [0.05, 0.1) is 25.7 Å². The fourth-order valence-electron chi connectivity index (χ4n) is 2.63. The molecule has 1 saturated heterocycles. The van der Waals surface area contributed by atoms with Crippen LogP contribution in [0.2, 0.25) is 0 Å². The summed E-state index contributed by atoms with van der Waals surface area (Å²) in [5, 5.41) is 9.23. The number of likely N-dealkylation sites (tertiary alicyclic amines) is 1. The average molecular weight is 277 g/mol. The fraction of sp³-hybridized carbons (Fsp3) is 0.562. The van der Waals surface area contributed by atoms with Crippen molar-refractivity contribution in [3.63, 3.8) is 0 Å². The van der Waals surface area contributed by atoms with Crippen LogP contribution in [-0.4, -0.2) is 41.7 Å². The average Bonchev–Trinajstić information content (AvgIpc) is 2.92. The van der Waals surface area contributed by atoms with E-state index in [4.69, 9.17) is 4.74 Å².